The Bertz CT molecular complexity index is 2690. The highest BCUT2D eigenvalue weighted by molar-refractivity contribution is 7.22. The predicted molar refractivity (Wildman–Crippen MR) is 254 cm³/mol. The second kappa shape index (κ2) is 18.7. The summed E-state index contributed by atoms with van der Waals surface area (Å²) in [5, 5.41) is 5.27. The third kappa shape index (κ3) is 10.9. The van der Waals surface area contributed by atoms with Gasteiger partial charge in [-0.2, -0.15) is 5.10 Å². The quantitative estimate of drug-likeness (QED) is 0.0430. The molecule has 63 heavy (non-hydrogen) atoms. The van der Waals surface area contributed by atoms with Crippen molar-refractivity contribution >= 4 is 52.5 Å². The standard InChI is InChI=1S/C50H54N6O5SSi/c1-50(2,3)61-48(58)46-40(38-29-51-55(31-38)30-36-16-12-18-39(28-36)60-33-35-14-8-7-9-15-35)22-23-45(53-46)54-25-24-37-17-13-19-41(42(37)32-54)47(57)56(34-59-26-27-63(4,5)6)49-52-43-20-10-11-21-44(43)62-49/h7-23,28-29,31H,24-27,30,32-34H2,1-6H3. The van der Waals surface area contributed by atoms with Crippen LogP contribution in [0.15, 0.2) is 122 Å². The highest BCUT2D eigenvalue weighted by Gasteiger charge is 2.30. The van der Waals surface area contributed by atoms with Crippen LogP contribution in [0, 0.1) is 0 Å². The number of hydrogen-bond acceptors (Lipinski definition) is 10. The van der Waals surface area contributed by atoms with E-state index in [1.54, 1.807) is 11.1 Å². The van der Waals surface area contributed by atoms with Crippen molar-refractivity contribution in [1.29, 1.82) is 0 Å². The molecule has 0 spiro atoms. The number of para-hydroxylation sites is 1. The molecule has 8 rings (SSSR count). The zero-order valence-electron chi connectivity index (χ0n) is 36.8. The SMILES string of the molecule is CC(C)(C)OC(=O)c1nc(N2CCc3cccc(C(=O)N(COCC[Si](C)(C)C)c4nc5ccccc5s4)c3C2)ccc1-c1cnn(Cc2cccc(OCc3ccccc3)c2)c1. The first-order valence-corrected chi connectivity index (χ1v) is 25.9. The van der Waals surface area contributed by atoms with Crippen LogP contribution in [-0.2, 0) is 35.6 Å². The molecular weight excluding hydrogens is 825 g/mol. The van der Waals surface area contributed by atoms with Crippen LogP contribution in [0.4, 0.5) is 10.9 Å². The normalized spacial score (nSPS) is 12.9. The Morgan fingerprint density at radius 2 is 1.65 bits per heavy atom. The molecule has 0 N–H and O–H groups in total. The molecule has 0 saturated carbocycles. The van der Waals surface area contributed by atoms with Gasteiger partial charge in [0.25, 0.3) is 5.91 Å². The molecule has 0 atom stereocenters. The van der Waals surface area contributed by atoms with Gasteiger partial charge < -0.3 is 19.1 Å². The number of anilines is 2. The zero-order chi connectivity index (χ0) is 44.1. The maximum Gasteiger partial charge on any atom is 0.358 e. The summed E-state index contributed by atoms with van der Waals surface area (Å²) < 4.78 is 21.1. The Morgan fingerprint density at radius 1 is 0.873 bits per heavy atom. The van der Waals surface area contributed by atoms with Gasteiger partial charge in [-0.25, -0.2) is 14.8 Å². The number of carbonyl (C=O) groups excluding carboxylic acids is 2. The van der Waals surface area contributed by atoms with E-state index in [-0.39, 0.29) is 18.3 Å². The smallest absolute Gasteiger partial charge is 0.358 e. The van der Waals surface area contributed by atoms with Crippen LogP contribution < -0.4 is 14.5 Å². The van der Waals surface area contributed by atoms with Gasteiger partial charge >= 0.3 is 5.97 Å². The topological polar surface area (TPSA) is 112 Å². The minimum absolute atomic E-state index is 0.102. The number of pyridine rings is 1. The fourth-order valence-electron chi connectivity index (χ4n) is 7.42. The summed E-state index contributed by atoms with van der Waals surface area (Å²) in [5.74, 6) is 0.705. The van der Waals surface area contributed by atoms with Crippen LogP contribution in [0.2, 0.25) is 25.7 Å². The first kappa shape index (κ1) is 43.5. The van der Waals surface area contributed by atoms with Crippen LogP contribution in [-0.4, -0.2) is 65.2 Å². The number of benzene rings is 4. The summed E-state index contributed by atoms with van der Waals surface area (Å²) in [6, 6.07) is 36.8. The lowest BCUT2D eigenvalue weighted by Gasteiger charge is -2.32. The summed E-state index contributed by atoms with van der Waals surface area (Å²) in [4.78, 5) is 42.4. The van der Waals surface area contributed by atoms with Gasteiger partial charge in [0.1, 0.15) is 30.5 Å². The number of carbonyl (C=O) groups is 2. The second-order valence-electron chi connectivity index (χ2n) is 18.1. The van der Waals surface area contributed by atoms with E-state index in [0.29, 0.717) is 61.3 Å². The first-order valence-electron chi connectivity index (χ1n) is 21.4. The molecule has 1 aliphatic heterocycles. The van der Waals surface area contributed by atoms with Crippen molar-refractivity contribution in [3.63, 3.8) is 0 Å². The number of nitrogens with zero attached hydrogens (tertiary/aromatic N) is 6. The molecule has 3 aromatic heterocycles. The van der Waals surface area contributed by atoms with Crippen molar-refractivity contribution in [2.75, 3.05) is 29.7 Å². The molecule has 1 amide bonds. The maximum absolute atomic E-state index is 14.7. The molecule has 13 heteroatoms. The third-order valence-electron chi connectivity index (χ3n) is 10.7. The summed E-state index contributed by atoms with van der Waals surface area (Å²) in [6.07, 6.45) is 4.37. The number of aromatic nitrogens is 4. The Kier molecular flexibility index (Phi) is 12.9. The Labute approximate surface area is 374 Å². The molecule has 0 radical (unpaired) electrons. The molecule has 0 fully saturated rings. The summed E-state index contributed by atoms with van der Waals surface area (Å²) in [7, 11) is -1.35. The minimum Gasteiger partial charge on any atom is -0.489 e. The van der Waals surface area contributed by atoms with Crippen LogP contribution >= 0.6 is 11.3 Å². The zero-order valence-corrected chi connectivity index (χ0v) is 38.7. The predicted octanol–water partition coefficient (Wildman–Crippen LogP) is 10.7. The van der Waals surface area contributed by atoms with Crippen LogP contribution in [0.25, 0.3) is 21.3 Å². The number of hydrogen-bond donors (Lipinski definition) is 0. The number of esters is 1. The van der Waals surface area contributed by atoms with E-state index in [9.17, 15) is 9.59 Å². The monoisotopic (exact) mass is 878 g/mol. The Balaban J connectivity index is 1.05. The van der Waals surface area contributed by atoms with Gasteiger partial charge in [-0.3, -0.25) is 14.4 Å². The average Bonchev–Trinajstić information content (AvgIpc) is 3.92. The van der Waals surface area contributed by atoms with Crippen molar-refractivity contribution in [1.82, 2.24) is 19.7 Å². The van der Waals surface area contributed by atoms with E-state index in [1.807, 2.05) is 135 Å². The fraction of sp³-hybridized carbons (Fsp3) is 0.300. The summed E-state index contributed by atoms with van der Waals surface area (Å²) >= 11 is 1.48. The van der Waals surface area contributed by atoms with Crippen LogP contribution in [0.1, 0.15) is 63.9 Å². The molecule has 4 heterocycles. The number of rotatable bonds is 15. The second-order valence-corrected chi connectivity index (χ2v) is 24.7. The molecule has 7 aromatic rings. The van der Waals surface area contributed by atoms with Gasteiger partial charge in [-0.05, 0) is 98.0 Å². The lowest BCUT2D eigenvalue weighted by molar-refractivity contribution is 0.00637. The molecule has 0 unspecified atom stereocenters. The number of ether oxygens (including phenoxy) is 3. The summed E-state index contributed by atoms with van der Waals surface area (Å²) in [6.45, 7) is 15.2. The highest BCUT2D eigenvalue weighted by atomic mass is 32.1. The fourth-order valence-corrected chi connectivity index (χ4v) is 9.13. The van der Waals surface area contributed by atoms with E-state index in [0.717, 1.165) is 49.8 Å². The first-order chi connectivity index (χ1) is 30.3. The lowest BCUT2D eigenvalue weighted by atomic mass is 9.94. The molecule has 4 aromatic carbocycles. The van der Waals surface area contributed by atoms with Crippen molar-refractivity contribution in [3.05, 3.63) is 155 Å². The van der Waals surface area contributed by atoms with Crippen molar-refractivity contribution in [3.8, 4) is 16.9 Å². The van der Waals surface area contributed by atoms with Gasteiger partial charge in [0.05, 0.1) is 23.0 Å². The van der Waals surface area contributed by atoms with Gasteiger partial charge in [-0.15, -0.1) is 0 Å². The number of fused-ring (bicyclic) bond motifs is 2. The van der Waals surface area contributed by atoms with Crippen molar-refractivity contribution < 1.29 is 23.8 Å². The van der Waals surface area contributed by atoms with E-state index in [4.69, 9.17) is 24.2 Å². The highest BCUT2D eigenvalue weighted by Crippen LogP contribution is 2.34. The van der Waals surface area contributed by atoms with Gasteiger partial charge in [0.15, 0.2) is 10.8 Å². The Hall–Kier alpha value is -6.15. The maximum atomic E-state index is 14.7. The molecule has 324 valence electrons. The molecular formula is C50H54N6O5SSi. The van der Waals surface area contributed by atoms with Gasteiger partial charge in [0, 0.05) is 50.7 Å². The van der Waals surface area contributed by atoms with Crippen molar-refractivity contribution in [2.24, 2.45) is 0 Å². The number of thiazole rings is 1. The average molecular weight is 879 g/mol. The van der Waals surface area contributed by atoms with Crippen LogP contribution in [0.3, 0.4) is 0 Å². The van der Waals surface area contributed by atoms with E-state index < -0.39 is 19.6 Å². The van der Waals surface area contributed by atoms with Gasteiger partial charge in [0.2, 0.25) is 0 Å². The largest absolute Gasteiger partial charge is 0.489 e. The van der Waals surface area contributed by atoms with Crippen molar-refractivity contribution in [2.45, 2.75) is 78.2 Å². The lowest BCUT2D eigenvalue weighted by Crippen LogP contribution is -2.37. The third-order valence-corrected chi connectivity index (χ3v) is 13.5. The van der Waals surface area contributed by atoms with E-state index >= 15 is 0 Å². The molecule has 1 aliphatic rings. The van der Waals surface area contributed by atoms with Crippen LogP contribution in [0.5, 0.6) is 5.75 Å². The summed E-state index contributed by atoms with van der Waals surface area (Å²) in [5.41, 5.74) is 6.40. The van der Waals surface area contributed by atoms with E-state index in [2.05, 4.69) is 35.7 Å². The Morgan fingerprint density at radius 3 is 2.44 bits per heavy atom. The molecule has 0 saturated heterocycles. The minimum atomic E-state index is -1.35. The molecule has 0 bridgehead atoms. The molecule has 11 nitrogen and oxygen atoms in total. The molecule has 0 aliphatic carbocycles. The number of amides is 1. The van der Waals surface area contributed by atoms with E-state index in [1.165, 1.54) is 11.3 Å². The van der Waals surface area contributed by atoms with Gasteiger partial charge in [-0.1, -0.05) is 97.7 Å².